The molecule has 2 aromatic heterocycles. The van der Waals surface area contributed by atoms with Crippen molar-refractivity contribution in [3.8, 4) is 17.0 Å². The molecule has 0 radical (unpaired) electrons. The van der Waals surface area contributed by atoms with E-state index in [1.54, 1.807) is 17.9 Å². The van der Waals surface area contributed by atoms with Crippen molar-refractivity contribution < 1.29 is 39.9 Å². The molecule has 188 valence electrons. The number of nitrogens with one attached hydrogen (secondary N) is 1. The lowest BCUT2D eigenvalue weighted by atomic mass is 10.00. The highest BCUT2D eigenvalue weighted by Gasteiger charge is 2.37. The number of methoxy groups -OCH3 is 1. The van der Waals surface area contributed by atoms with Crippen LogP contribution in [0.25, 0.3) is 32.9 Å². The van der Waals surface area contributed by atoms with E-state index in [0.29, 0.717) is 0 Å². The van der Waals surface area contributed by atoms with Crippen LogP contribution in [0.3, 0.4) is 0 Å². The molecule has 2 heterocycles. The topological polar surface area (TPSA) is 112 Å². The molecule has 0 saturated carbocycles. The van der Waals surface area contributed by atoms with Gasteiger partial charge in [0.05, 0.1) is 23.4 Å². The van der Waals surface area contributed by atoms with E-state index in [1.807, 2.05) is 30.5 Å². The number of alkyl halides is 3. The second kappa shape index (κ2) is 10.1. The predicted octanol–water partition coefficient (Wildman–Crippen LogP) is 4.53. The summed E-state index contributed by atoms with van der Waals surface area (Å²) in [6, 6.07) is 12.8. The van der Waals surface area contributed by atoms with Crippen LogP contribution in [0.5, 0.6) is 5.75 Å². The van der Waals surface area contributed by atoms with Crippen LogP contribution in [0.4, 0.5) is 17.6 Å². The second-order valence-corrected chi connectivity index (χ2v) is 9.05. The Morgan fingerprint density at radius 1 is 1.17 bits per heavy atom. The number of nitrogen functional groups attached to an aromatic ring is 1. The Kier molecular flexibility index (Phi) is 7.56. The van der Waals surface area contributed by atoms with Crippen LogP contribution in [0.1, 0.15) is 25.5 Å². The fourth-order valence-electron chi connectivity index (χ4n) is 3.72. The van der Waals surface area contributed by atoms with Gasteiger partial charge in [0.2, 0.25) is 5.69 Å². The molecule has 0 atom stereocenters. The minimum atomic E-state index is -6.09. The summed E-state index contributed by atoms with van der Waals surface area (Å²) < 4.78 is 80.2. The molecule has 0 bridgehead atoms. The summed E-state index contributed by atoms with van der Waals surface area (Å²) in [5, 5.41) is 2.70. The van der Waals surface area contributed by atoms with Crippen molar-refractivity contribution in [2.24, 2.45) is 0 Å². The van der Waals surface area contributed by atoms with Gasteiger partial charge in [0.1, 0.15) is 11.6 Å². The van der Waals surface area contributed by atoms with Gasteiger partial charge in [-0.15, -0.1) is 0 Å². The minimum Gasteiger partial charge on any atom is -0.741 e. The van der Waals surface area contributed by atoms with Crippen LogP contribution in [0.2, 0.25) is 0 Å². The second-order valence-electron chi connectivity index (χ2n) is 7.67. The van der Waals surface area contributed by atoms with E-state index in [4.69, 9.17) is 23.6 Å². The number of halogens is 4. The Morgan fingerprint density at radius 2 is 1.86 bits per heavy atom. The molecule has 0 amide bonds. The monoisotopic (exact) mass is 513 g/mol. The molecule has 4 aromatic rings. The van der Waals surface area contributed by atoms with Crippen LogP contribution in [0, 0.1) is 5.82 Å². The van der Waals surface area contributed by atoms with Gasteiger partial charge in [-0.2, -0.15) is 13.2 Å². The third-order valence-corrected chi connectivity index (χ3v) is 5.92. The van der Waals surface area contributed by atoms with Crippen LogP contribution >= 0.6 is 0 Å². The van der Waals surface area contributed by atoms with E-state index in [-0.39, 0.29) is 5.82 Å². The number of ether oxygens (including phenoxy) is 1. The number of aryl methyl sites for hydroxylation is 1. The molecule has 0 unspecified atom stereocenters. The number of fused-ring (bicyclic) bond motifs is 2. The van der Waals surface area contributed by atoms with Gasteiger partial charge in [0, 0.05) is 24.2 Å². The first-order valence-electron chi connectivity index (χ1n) is 10.5. The number of hydrogen-bond acceptors (Lipinski definition) is 5. The molecular weight excluding hydrogens is 490 g/mol. The van der Waals surface area contributed by atoms with Gasteiger partial charge in [0.25, 0.3) is 5.69 Å². The summed E-state index contributed by atoms with van der Waals surface area (Å²) in [6.45, 7) is 2.16. The number of aromatic amines is 1. The zero-order valence-corrected chi connectivity index (χ0v) is 19.6. The van der Waals surface area contributed by atoms with Gasteiger partial charge in [-0.25, -0.2) is 18.7 Å². The molecule has 12 heteroatoms. The minimum absolute atomic E-state index is 0.281. The Bertz CT molecular complexity index is 1470. The third-order valence-electron chi connectivity index (χ3n) is 5.36. The van der Waals surface area contributed by atoms with Crippen molar-refractivity contribution >= 4 is 31.8 Å². The van der Waals surface area contributed by atoms with Crippen LogP contribution in [-0.2, 0) is 16.5 Å². The average Bonchev–Trinajstić information content (AvgIpc) is 3.21. The third kappa shape index (κ3) is 5.49. The van der Waals surface area contributed by atoms with E-state index in [2.05, 4.69) is 18.0 Å². The number of pyridine rings is 1. The number of benzene rings is 2. The Balaban J connectivity index is 0.000000371. The van der Waals surface area contributed by atoms with E-state index in [0.717, 1.165) is 63.6 Å². The standard InChI is InChI=1S/C22H22FN3O.CHF3O3S/c1-3-4-6-16-11-14-9-10-15(23)12-17(14)22(26(16)24)18-13-25-19-7-5-8-20(27-2)21(18)19;2-1(3,4)8(5,6)7/h5,7-13H,3-4,6,24H2,1-2H3;(H,5,6,7). The van der Waals surface area contributed by atoms with Crippen molar-refractivity contribution in [2.75, 3.05) is 13.0 Å². The van der Waals surface area contributed by atoms with Gasteiger partial charge >= 0.3 is 5.51 Å². The normalized spacial score (nSPS) is 12.0. The van der Waals surface area contributed by atoms with Gasteiger partial charge in [-0.1, -0.05) is 30.2 Å². The summed E-state index contributed by atoms with van der Waals surface area (Å²) in [6.07, 6.45) is 4.91. The molecule has 0 aliphatic heterocycles. The van der Waals surface area contributed by atoms with Crippen molar-refractivity contribution in [3.05, 3.63) is 60.2 Å². The maximum atomic E-state index is 14.1. The molecule has 0 saturated heterocycles. The molecule has 0 aliphatic carbocycles. The van der Waals surface area contributed by atoms with Crippen molar-refractivity contribution in [1.29, 1.82) is 0 Å². The molecule has 0 fully saturated rings. The number of hydrogen-bond donors (Lipinski definition) is 2. The molecule has 0 aliphatic rings. The quantitative estimate of drug-likeness (QED) is 0.134. The molecule has 2 aromatic carbocycles. The maximum absolute atomic E-state index is 14.1. The lowest BCUT2D eigenvalue weighted by Crippen LogP contribution is -2.50. The highest BCUT2D eigenvalue weighted by Crippen LogP contribution is 2.37. The molecule has 0 spiro atoms. The fraction of sp³-hybridized carbons (Fsp3) is 0.261. The van der Waals surface area contributed by atoms with E-state index in [1.165, 1.54) is 6.07 Å². The highest BCUT2D eigenvalue weighted by molar-refractivity contribution is 7.86. The zero-order valence-electron chi connectivity index (χ0n) is 18.8. The Hall–Kier alpha value is -3.38. The molecule has 35 heavy (non-hydrogen) atoms. The SMILES string of the molecule is CCCCc1cc2ccc(F)cc2c(-c2c[nH]c3cccc(OC)c23)[n+]1N.O=S(=O)([O-])C(F)(F)F. The zero-order chi connectivity index (χ0) is 26.0. The first-order chi connectivity index (χ1) is 16.4. The summed E-state index contributed by atoms with van der Waals surface area (Å²) in [5.74, 6) is 7.03. The molecule has 3 N–H and O–H groups in total. The number of rotatable bonds is 5. The Labute approximate surface area is 198 Å². The van der Waals surface area contributed by atoms with E-state index < -0.39 is 15.6 Å². The summed E-state index contributed by atoms with van der Waals surface area (Å²) >= 11 is 0. The first-order valence-corrected chi connectivity index (χ1v) is 11.9. The number of H-pyrrole nitrogens is 1. The lowest BCUT2D eigenvalue weighted by Gasteiger charge is -2.09. The van der Waals surface area contributed by atoms with Crippen molar-refractivity contribution in [3.63, 3.8) is 0 Å². The Morgan fingerprint density at radius 3 is 2.46 bits per heavy atom. The number of unbranched alkanes of at least 4 members (excludes halogenated alkanes) is 1. The summed E-state index contributed by atoms with van der Waals surface area (Å²) in [5.41, 5.74) is -1.98. The van der Waals surface area contributed by atoms with Crippen molar-refractivity contribution in [2.45, 2.75) is 31.7 Å². The van der Waals surface area contributed by atoms with Crippen LogP contribution in [0.15, 0.2) is 48.7 Å². The van der Waals surface area contributed by atoms with E-state index in [9.17, 15) is 17.6 Å². The molecule has 4 rings (SSSR count). The summed E-state index contributed by atoms with van der Waals surface area (Å²) in [7, 11) is -4.44. The smallest absolute Gasteiger partial charge is 0.485 e. The highest BCUT2D eigenvalue weighted by atomic mass is 32.2. The van der Waals surface area contributed by atoms with Crippen LogP contribution in [-0.4, -0.2) is 30.6 Å². The number of nitrogens with zero attached hydrogens (tertiary/aromatic N) is 1. The molecule has 7 nitrogen and oxygen atoms in total. The van der Waals surface area contributed by atoms with E-state index >= 15 is 0 Å². The van der Waals surface area contributed by atoms with Gasteiger partial charge in [-0.3, -0.25) is 0 Å². The van der Waals surface area contributed by atoms with Crippen LogP contribution < -0.4 is 15.3 Å². The first kappa shape index (κ1) is 26.2. The maximum Gasteiger partial charge on any atom is 0.485 e. The number of nitrogens with two attached hydrogens (primary N) is 1. The fourth-order valence-corrected chi connectivity index (χ4v) is 3.72. The van der Waals surface area contributed by atoms with Crippen molar-refractivity contribution in [1.82, 2.24) is 4.98 Å². The molecular formula is C23H23F4N3O4S. The van der Waals surface area contributed by atoms with Gasteiger partial charge < -0.3 is 14.3 Å². The van der Waals surface area contributed by atoms with Gasteiger partial charge in [0.15, 0.2) is 10.1 Å². The van der Waals surface area contributed by atoms with Gasteiger partial charge in [-0.05, 0) is 36.1 Å². The average molecular weight is 514 g/mol. The lowest BCUT2D eigenvalue weighted by molar-refractivity contribution is -0.634. The number of aromatic nitrogens is 2. The predicted molar refractivity (Wildman–Crippen MR) is 122 cm³/mol. The largest absolute Gasteiger partial charge is 0.741 e. The summed E-state index contributed by atoms with van der Waals surface area (Å²) in [4.78, 5) is 3.29.